The summed E-state index contributed by atoms with van der Waals surface area (Å²) in [7, 11) is 1.66. The molecule has 0 spiro atoms. The molecule has 1 aromatic rings. The lowest BCUT2D eigenvalue weighted by molar-refractivity contribution is 0.0542. The largest absolute Gasteiger partial charge is 0.491 e. The van der Waals surface area contributed by atoms with Crippen LogP contribution in [-0.4, -0.2) is 33.5 Å². The zero-order valence-corrected chi connectivity index (χ0v) is 11.2. The van der Waals surface area contributed by atoms with Crippen LogP contribution in [0.25, 0.3) is 0 Å². The van der Waals surface area contributed by atoms with Gasteiger partial charge in [-0.2, -0.15) is 0 Å². The first-order chi connectivity index (χ1) is 8.79. The summed E-state index contributed by atoms with van der Waals surface area (Å²) in [6.45, 7) is 4.35. The van der Waals surface area contributed by atoms with E-state index >= 15 is 0 Å². The zero-order chi connectivity index (χ0) is 13.2. The van der Waals surface area contributed by atoms with Crippen molar-refractivity contribution < 1.29 is 14.2 Å². The molecule has 0 bridgehead atoms. The van der Waals surface area contributed by atoms with Gasteiger partial charge in [-0.05, 0) is 12.5 Å². The Morgan fingerprint density at radius 2 is 1.83 bits per heavy atom. The van der Waals surface area contributed by atoms with E-state index in [0.717, 1.165) is 17.7 Å². The van der Waals surface area contributed by atoms with Crippen molar-refractivity contribution in [3.8, 4) is 5.75 Å². The highest BCUT2D eigenvalue weighted by atomic mass is 16.5. The molecule has 2 N–H and O–H groups in total. The third-order valence-corrected chi connectivity index (χ3v) is 2.68. The fourth-order valence-corrected chi connectivity index (χ4v) is 1.59. The average Bonchev–Trinajstić information content (AvgIpc) is 2.42. The number of hydrogen-bond acceptors (Lipinski definition) is 4. The molecule has 0 aliphatic heterocycles. The SMILES string of the molecule is CC[C@H](N)c1ccccc1OCCOCCOC. The Kier molecular flexibility index (Phi) is 7.41. The molecule has 0 aromatic heterocycles. The van der Waals surface area contributed by atoms with E-state index in [1.54, 1.807) is 7.11 Å². The highest BCUT2D eigenvalue weighted by Gasteiger charge is 2.09. The van der Waals surface area contributed by atoms with E-state index in [1.165, 1.54) is 0 Å². The Balaban J connectivity index is 2.37. The summed E-state index contributed by atoms with van der Waals surface area (Å²) < 4.78 is 15.9. The molecule has 1 aromatic carbocycles. The number of para-hydroxylation sites is 1. The predicted molar refractivity (Wildman–Crippen MR) is 71.9 cm³/mol. The summed E-state index contributed by atoms with van der Waals surface area (Å²) in [5.41, 5.74) is 7.09. The van der Waals surface area contributed by atoms with Crippen molar-refractivity contribution in [3.05, 3.63) is 29.8 Å². The van der Waals surface area contributed by atoms with Crippen LogP contribution in [0.2, 0.25) is 0 Å². The van der Waals surface area contributed by atoms with E-state index < -0.39 is 0 Å². The maximum Gasteiger partial charge on any atom is 0.124 e. The second-order valence-electron chi connectivity index (χ2n) is 4.01. The lowest BCUT2D eigenvalue weighted by Gasteiger charge is -2.15. The highest BCUT2D eigenvalue weighted by molar-refractivity contribution is 5.35. The van der Waals surface area contributed by atoms with Gasteiger partial charge in [0.1, 0.15) is 12.4 Å². The van der Waals surface area contributed by atoms with Gasteiger partial charge in [0.05, 0.1) is 19.8 Å². The monoisotopic (exact) mass is 253 g/mol. The van der Waals surface area contributed by atoms with E-state index in [0.29, 0.717) is 26.4 Å². The first kappa shape index (κ1) is 15.0. The molecular weight excluding hydrogens is 230 g/mol. The smallest absolute Gasteiger partial charge is 0.124 e. The topological polar surface area (TPSA) is 53.7 Å². The Morgan fingerprint density at radius 3 is 2.56 bits per heavy atom. The zero-order valence-electron chi connectivity index (χ0n) is 11.2. The van der Waals surface area contributed by atoms with Crippen molar-refractivity contribution in [1.82, 2.24) is 0 Å². The lowest BCUT2D eigenvalue weighted by atomic mass is 10.0. The second kappa shape index (κ2) is 8.91. The second-order valence-corrected chi connectivity index (χ2v) is 4.01. The van der Waals surface area contributed by atoms with Crippen LogP contribution in [0.5, 0.6) is 5.75 Å². The molecule has 0 fully saturated rings. The Hall–Kier alpha value is -1.10. The number of benzene rings is 1. The minimum Gasteiger partial charge on any atom is -0.491 e. The number of ether oxygens (including phenoxy) is 3. The normalized spacial score (nSPS) is 12.4. The maximum atomic E-state index is 6.04. The minimum absolute atomic E-state index is 0.0237. The van der Waals surface area contributed by atoms with Crippen molar-refractivity contribution in [2.75, 3.05) is 33.5 Å². The van der Waals surface area contributed by atoms with Crippen LogP contribution in [0.1, 0.15) is 24.9 Å². The summed E-state index contributed by atoms with van der Waals surface area (Å²) in [5, 5.41) is 0. The van der Waals surface area contributed by atoms with Gasteiger partial charge in [0.2, 0.25) is 0 Å². The van der Waals surface area contributed by atoms with Crippen molar-refractivity contribution >= 4 is 0 Å². The molecule has 102 valence electrons. The summed E-state index contributed by atoms with van der Waals surface area (Å²) >= 11 is 0. The molecule has 0 heterocycles. The molecule has 1 rings (SSSR count). The van der Waals surface area contributed by atoms with E-state index in [-0.39, 0.29) is 6.04 Å². The lowest BCUT2D eigenvalue weighted by Crippen LogP contribution is -2.14. The first-order valence-corrected chi connectivity index (χ1v) is 6.33. The summed E-state index contributed by atoms with van der Waals surface area (Å²) in [6, 6.07) is 7.91. The Morgan fingerprint density at radius 1 is 1.11 bits per heavy atom. The fraction of sp³-hybridized carbons (Fsp3) is 0.571. The van der Waals surface area contributed by atoms with Gasteiger partial charge in [-0.1, -0.05) is 25.1 Å². The van der Waals surface area contributed by atoms with Crippen LogP contribution in [0, 0.1) is 0 Å². The molecule has 0 radical (unpaired) electrons. The summed E-state index contributed by atoms with van der Waals surface area (Å²) in [5.74, 6) is 0.849. The molecular formula is C14H23NO3. The van der Waals surface area contributed by atoms with Gasteiger partial charge in [0, 0.05) is 18.7 Å². The van der Waals surface area contributed by atoms with E-state index in [2.05, 4.69) is 6.92 Å². The Bertz CT molecular complexity index is 331. The molecule has 0 unspecified atom stereocenters. The Labute approximate surface area is 109 Å². The summed E-state index contributed by atoms with van der Waals surface area (Å²) in [4.78, 5) is 0. The van der Waals surface area contributed by atoms with E-state index in [9.17, 15) is 0 Å². The maximum absolute atomic E-state index is 6.04. The molecule has 0 amide bonds. The minimum atomic E-state index is 0.0237. The first-order valence-electron chi connectivity index (χ1n) is 6.33. The van der Waals surface area contributed by atoms with Crippen molar-refractivity contribution in [2.24, 2.45) is 5.73 Å². The molecule has 4 heteroatoms. The molecule has 0 saturated carbocycles. The number of nitrogens with two attached hydrogens (primary N) is 1. The van der Waals surface area contributed by atoms with Crippen LogP contribution in [0.4, 0.5) is 0 Å². The van der Waals surface area contributed by atoms with Gasteiger partial charge < -0.3 is 19.9 Å². The van der Waals surface area contributed by atoms with Crippen LogP contribution in [0.15, 0.2) is 24.3 Å². The van der Waals surface area contributed by atoms with Crippen molar-refractivity contribution in [2.45, 2.75) is 19.4 Å². The molecule has 1 atom stereocenters. The van der Waals surface area contributed by atoms with Crippen molar-refractivity contribution in [1.29, 1.82) is 0 Å². The van der Waals surface area contributed by atoms with Gasteiger partial charge in [-0.3, -0.25) is 0 Å². The number of rotatable bonds is 9. The average molecular weight is 253 g/mol. The van der Waals surface area contributed by atoms with Crippen molar-refractivity contribution in [3.63, 3.8) is 0 Å². The standard InChI is InChI=1S/C14H23NO3/c1-3-13(15)12-6-4-5-7-14(12)18-11-10-17-9-8-16-2/h4-7,13H,3,8-11,15H2,1-2H3/t13-/m0/s1. The number of methoxy groups -OCH3 is 1. The third-order valence-electron chi connectivity index (χ3n) is 2.68. The van der Waals surface area contributed by atoms with Gasteiger partial charge in [-0.25, -0.2) is 0 Å². The third kappa shape index (κ3) is 5.04. The van der Waals surface area contributed by atoms with E-state index in [4.69, 9.17) is 19.9 Å². The van der Waals surface area contributed by atoms with Crippen LogP contribution >= 0.6 is 0 Å². The molecule has 18 heavy (non-hydrogen) atoms. The van der Waals surface area contributed by atoms with Gasteiger partial charge in [0.25, 0.3) is 0 Å². The van der Waals surface area contributed by atoms with Crippen LogP contribution in [0.3, 0.4) is 0 Å². The quantitative estimate of drug-likeness (QED) is 0.685. The molecule has 0 saturated heterocycles. The predicted octanol–water partition coefficient (Wildman–Crippen LogP) is 2.14. The van der Waals surface area contributed by atoms with Crippen LogP contribution < -0.4 is 10.5 Å². The van der Waals surface area contributed by atoms with Gasteiger partial charge in [-0.15, -0.1) is 0 Å². The van der Waals surface area contributed by atoms with Gasteiger partial charge in [0.15, 0.2) is 0 Å². The number of hydrogen-bond donors (Lipinski definition) is 1. The van der Waals surface area contributed by atoms with Crippen LogP contribution in [-0.2, 0) is 9.47 Å². The molecule has 4 nitrogen and oxygen atoms in total. The van der Waals surface area contributed by atoms with Gasteiger partial charge >= 0.3 is 0 Å². The van der Waals surface area contributed by atoms with E-state index in [1.807, 2.05) is 24.3 Å². The molecule has 0 aliphatic rings. The molecule has 0 aliphatic carbocycles. The highest BCUT2D eigenvalue weighted by Crippen LogP contribution is 2.25. The summed E-state index contributed by atoms with van der Waals surface area (Å²) in [6.07, 6.45) is 0.894. The fourth-order valence-electron chi connectivity index (χ4n) is 1.59.